The molecule has 10 heavy (non-hydrogen) atoms. The Bertz CT molecular complexity index is 91.0. The second-order valence-corrected chi connectivity index (χ2v) is 2.36. The van der Waals surface area contributed by atoms with Gasteiger partial charge < -0.3 is 14.8 Å². The Kier molecular flexibility index (Phi) is 3.08. The van der Waals surface area contributed by atoms with E-state index in [2.05, 4.69) is 0 Å². The second-order valence-electron chi connectivity index (χ2n) is 2.36. The van der Waals surface area contributed by atoms with Crippen molar-refractivity contribution in [3.8, 4) is 0 Å². The summed E-state index contributed by atoms with van der Waals surface area (Å²) in [5.74, 6) is 0. The molecule has 0 aromatic rings. The molecular formula is C6H12NO3-. The largest absolute Gasteiger partial charge is 0.762 e. The number of hydrogen-bond acceptors (Lipinski definition) is 4. The Labute approximate surface area is 60.2 Å². The van der Waals surface area contributed by atoms with Crippen molar-refractivity contribution in [2.45, 2.75) is 18.9 Å². The van der Waals surface area contributed by atoms with Gasteiger partial charge in [0.25, 0.3) is 0 Å². The molecule has 1 saturated heterocycles. The summed E-state index contributed by atoms with van der Waals surface area (Å²) < 4.78 is 5.08. The Morgan fingerprint density at radius 3 is 2.60 bits per heavy atom. The van der Waals surface area contributed by atoms with E-state index in [1.54, 1.807) is 0 Å². The molecule has 0 amide bonds. The minimum Gasteiger partial charge on any atom is -0.762 e. The van der Waals surface area contributed by atoms with Gasteiger partial charge in [0.1, 0.15) is 0 Å². The van der Waals surface area contributed by atoms with E-state index in [-0.39, 0.29) is 6.10 Å². The average molecular weight is 146 g/mol. The second kappa shape index (κ2) is 3.88. The first-order valence-electron chi connectivity index (χ1n) is 3.44. The number of rotatable bonds is 2. The van der Waals surface area contributed by atoms with Crippen molar-refractivity contribution >= 4 is 0 Å². The summed E-state index contributed by atoms with van der Waals surface area (Å²) in [5, 5.41) is 10.9. The van der Waals surface area contributed by atoms with Crippen LogP contribution in [0.15, 0.2) is 0 Å². The van der Waals surface area contributed by atoms with E-state index in [1.807, 2.05) is 0 Å². The first-order chi connectivity index (χ1) is 4.79. The third-order valence-electron chi connectivity index (χ3n) is 1.47. The van der Waals surface area contributed by atoms with Crippen molar-refractivity contribution in [1.82, 2.24) is 5.23 Å². The number of nitrogens with zero attached hydrogens (tertiary/aromatic N) is 1. The van der Waals surface area contributed by atoms with Crippen LogP contribution in [0.4, 0.5) is 0 Å². The highest BCUT2D eigenvalue weighted by molar-refractivity contribution is 4.61. The van der Waals surface area contributed by atoms with Gasteiger partial charge >= 0.3 is 0 Å². The summed E-state index contributed by atoms with van der Waals surface area (Å²) in [7, 11) is 1.36. The minimum absolute atomic E-state index is 0.0660. The van der Waals surface area contributed by atoms with Crippen LogP contribution in [0.2, 0.25) is 0 Å². The van der Waals surface area contributed by atoms with Gasteiger partial charge in [0.05, 0.1) is 6.10 Å². The van der Waals surface area contributed by atoms with Crippen molar-refractivity contribution < 1.29 is 9.57 Å². The highest BCUT2D eigenvalue weighted by Gasteiger charge is 2.13. The first-order valence-corrected chi connectivity index (χ1v) is 3.44. The van der Waals surface area contributed by atoms with E-state index < -0.39 is 0 Å². The average Bonchev–Trinajstić information content (AvgIpc) is 1.88. The number of ether oxygens (including phenoxy) is 1. The van der Waals surface area contributed by atoms with E-state index in [0.29, 0.717) is 18.4 Å². The summed E-state index contributed by atoms with van der Waals surface area (Å²) in [6, 6.07) is 0. The van der Waals surface area contributed by atoms with Crippen molar-refractivity contribution in [2.24, 2.45) is 0 Å². The maximum atomic E-state index is 10.4. The Hall–Kier alpha value is -0.160. The summed E-state index contributed by atoms with van der Waals surface area (Å²) in [5.41, 5.74) is 0. The maximum absolute atomic E-state index is 10.4. The molecule has 0 atom stereocenters. The molecule has 1 aliphatic rings. The lowest BCUT2D eigenvalue weighted by Crippen LogP contribution is -2.28. The molecule has 0 spiro atoms. The predicted octanol–water partition coefficient (Wildman–Crippen LogP) is 0.527. The fourth-order valence-corrected chi connectivity index (χ4v) is 0.991. The van der Waals surface area contributed by atoms with E-state index in [4.69, 9.17) is 9.57 Å². The summed E-state index contributed by atoms with van der Waals surface area (Å²) >= 11 is 0. The lowest BCUT2D eigenvalue weighted by molar-refractivity contribution is -0.171. The molecule has 1 rings (SSSR count). The third kappa shape index (κ3) is 2.62. The molecular weight excluding hydrogens is 134 g/mol. The van der Waals surface area contributed by atoms with Gasteiger partial charge in [-0.3, -0.25) is 5.23 Å². The molecule has 0 bridgehead atoms. The fraction of sp³-hybridized carbons (Fsp3) is 1.00. The Balaban J connectivity index is 2.13. The zero-order valence-corrected chi connectivity index (χ0v) is 6.08. The zero-order valence-electron chi connectivity index (χ0n) is 6.08. The third-order valence-corrected chi connectivity index (χ3v) is 1.47. The normalized spacial score (nSPS) is 21.9. The lowest BCUT2D eigenvalue weighted by atomic mass is 10.2. The van der Waals surface area contributed by atoms with Crippen LogP contribution in [-0.2, 0) is 9.57 Å². The molecule has 0 aromatic heterocycles. The van der Waals surface area contributed by atoms with Crippen molar-refractivity contribution in [3.05, 3.63) is 5.21 Å². The van der Waals surface area contributed by atoms with Crippen LogP contribution >= 0.6 is 0 Å². The van der Waals surface area contributed by atoms with Gasteiger partial charge in [0, 0.05) is 13.2 Å². The van der Waals surface area contributed by atoms with Crippen molar-refractivity contribution in [3.63, 3.8) is 0 Å². The van der Waals surface area contributed by atoms with Crippen LogP contribution < -0.4 is 0 Å². The van der Waals surface area contributed by atoms with Crippen molar-refractivity contribution in [1.29, 1.82) is 0 Å². The molecule has 0 saturated carbocycles. The smallest absolute Gasteiger partial charge is 0.0825 e. The van der Waals surface area contributed by atoms with Gasteiger partial charge in [-0.1, -0.05) is 0 Å². The monoisotopic (exact) mass is 146 g/mol. The molecule has 0 aromatic carbocycles. The van der Waals surface area contributed by atoms with Crippen LogP contribution in [0.1, 0.15) is 12.8 Å². The highest BCUT2D eigenvalue weighted by atomic mass is 16.9. The van der Waals surface area contributed by atoms with E-state index in [9.17, 15) is 5.21 Å². The zero-order chi connectivity index (χ0) is 7.40. The standard InChI is InChI=1S/C6H12NO3/c1-7(8)10-6-2-4-9-5-3-6/h6H,2-5H2,1H3/q-1. The van der Waals surface area contributed by atoms with Crippen LogP contribution in [0.5, 0.6) is 0 Å². The highest BCUT2D eigenvalue weighted by Crippen LogP contribution is 2.10. The van der Waals surface area contributed by atoms with Gasteiger partial charge in [0.2, 0.25) is 0 Å². The van der Waals surface area contributed by atoms with Gasteiger partial charge in [-0.15, -0.1) is 0 Å². The molecule has 4 heteroatoms. The quantitative estimate of drug-likeness (QED) is 0.533. The summed E-state index contributed by atoms with van der Waals surface area (Å²) in [6.45, 7) is 1.41. The molecule has 0 unspecified atom stereocenters. The van der Waals surface area contributed by atoms with Crippen molar-refractivity contribution in [2.75, 3.05) is 20.3 Å². The predicted molar refractivity (Wildman–Crippen MR) is 36.1 cm³/mol. The molecule has 1 heterocycles. The fourth-order valence-electron chi connectivity index (χ4n) is 0.991. The number of hydroxylamine groups is 2. The molecule has 60 valence electrons. The molecule has 0 aliphatic carbocycles. The number of hydrogen-bond donors (Lipinski definition) is 0. The Morgan fingerprint density at radius 2 is 2.10 bits per heavy atom. The van der Waals surface area contributed by atoms with Gasteiger partial charge in [0.15, 0.2) is 0 Å². The van der Waals surface area contributed by atoms with Crippen LogP contribution in [0.3, 0.4) is 0 Å². The molecule has 1 fully saturated rings. The van der Waals surface area contributed by atoms with Gasteiger partial charge in [-0.2, -0.15) is 0 Å². The molecule has 1 aliphatic heterocycles. The topological polar surface area (TPSA) is 44.8 Å². The summed E-state index contributed by atoms with van der Waals surface area (Å²) in [6.07, 6.45) is 1.72. The van der Waals surface area contributed by atoms with Crippen LogP contribution in [0, 0.1) is 5.21 Å². The summed E-state index contributed by atoms with van der Waals surface area (Å²) in [4.78, 5) is 4.89. The van der Waals surface area contributed by atoms with E-state index in [0.717, 1.165) is 12.8 Å². The van der Waals surface area contributed by atoms with Crippen LogP contribution in [-0.4, -0.2) is 31.6 Å². The molecule has 0 radical (unpaired) electrons. The molecule has 0 N–H and O–H groups in total. The SMILES string of the molecule is CN([O-])OC1CCOCC1. The Morgan fingerprint density at radius 1 is 1.50 bits per heavy atom. The van der Waals surface area contributed by atoms with Gasteiger partial charge in [-0.25, -0.2) is 0 Å². The van der Waals surface area contributed by atoms with Crippen LogP contribution in [0.25, 0.3) is 0 Å². The van der Waals surface area contributed by atoms with E-state index in [1.165, 1.54) is 7.05 Å². The lowest BCUT2D eigenvalue weighted by Gasteiger charge is -2.30. The maximum Gasteiger partial charge on any atom is 0.0825 e. The first kappa shape index (κ1) is 7.94. The van der Waals surface area contributed by atoms with E-state index >= 15 is 0 Å². The molecule has 4 nitrogen and oxygen atoms in total. The van der Waals surface area contributed by atoms with Gasteiger partial charge in [-0.05, 0) is 19.9 Å². The minimum atomic E-state index is 0.0660.